The van der Waals surface area contributed by atoms with Crippen LogP contribution in [0.25, 0.3) is 45.0 Å². The first-order valence-corrected chi connectivity index (χ1v) is 16.9. The standard InChI is InChI=1S/C36H24Br2N8O3/c37-33-23-13-7-15-39-29(23)25(31(41-33)35-45-43-27(48-35)17-21-9-3-1-4-10-21)19-47-20-26-30-24(14-8-16-40-30)34(38)42-32(26)36-46-44-28(49-36)18-22-11-5-2-6-12-22/h1-16H,17-20H2. The highest BCUT2D eigenvalue weighted by Gasteiger charge is 2.23. The van der Waals surface area contributed by atoms with Crippen molar-refractivity contribution in [2.75, 3.05) is 0 Å². The van der Waals surface area contributed by atoms with E-state index in [1.807, 2.05) is 84.9 Å². The van der Waals surface area contributed by atoms with Crippen LogP contribution in [0.3, 0.4) is 0 Å². The summed E-state index contributed by atoms with van der Waals surface area (Å²) in [5.41, 5.74) is 5.85. The highest BCUT2D eigenvalue weighted by atomic mass is 79.9. The second-order valence-corrected chi connectivity index (χ2v) is 12.6. The minimum atomic E-state index is 0.118. The molecule has 2 aromatic carbocycles. The van der Waals surface area contributed by atoms with Gasteiger partial charge in [-0.05, 0) is 67.3 Å². The Kier molecular flexibility index (Phi) is 8.69. The largest absolute Gasteiger partial charge is 0.419 e. The SMILES string of the molecule is Brc1nc(-c2nnc(Cc3ccccc3)o2)c(COCc2c(-c3nnc(Cc4ccccc4)o3)nc(Br)c3cccnc23)c2ncccc12. The molecule has 13 heteroatoms. The number of nitrogens with zero attached hydrogens (tertiary/aromatic N) is 8. The van der Waals surface area contributed by atoms with Crippen LogP contribution >= 0.6 is 31.9 Å². The van der Waals surface area contributed by atoms with Crippen LogP contribution in [0.1, 0.15) is 34.0 Å². The molecule has 0 saturated carbocycles. The molecule has 0 spiro atoms. The summed E-state index contributed by atoms with van der Waals surface area (Å²) in [6, 6.07) is 27.5. The molecule has 6 heterocycles. The maximum absolute atomic E-state index is 6.46. The topological polar surface area (TPSA) is 139 Å². The summed E-state index contributed by atoms with van der Waals surface area (Å²) < 4.78 is 19.9. The van der Waals surface area contributed by atoms with Gasteiger partial charge in [-0.15, -0.1) is 20.4 Å². The van der Waals surface area contributed by atoms with E-state index < -0.39 is 0 Å². The first kappa shape index (κ1) is 31.1. The Balaban J connectivity index is 1.14. The minimum absolute atomic E-state index is 0.118. The molecule has 0 amide bonds. The number of halogens is 2. The Morgan fingerprint density at radius 1 is 0.531 bits per heavy atom. The molecule has 8 rings (SSSR count). The number of rotatable bonds is 10. The van der Waals surface area contributed by atoms with Gasteiger partial charge in [0.25, 0.3) is 11.8 Å². The number of pyridine rings is 4. The summed E-state index contributed by atoms with van der Waals surface area (Å²) in [4.78, 5) is 19.0. The third kappa shape index (κ3) is 6.47. The van der Waals surface area contributed by atoms with Gasteiger partial charge in [-0.25, -0.2) is 9.97 Å². The van der Waals surface area contributed by atoms with Gasteiger partial charge < -0.3 is 13.6 Å². The third-order valence-electron chi connectivity index (χ3n) is 7.85. The van der Waals surface area contributed by atoms with Gasteiger partial charge in [0.05, 0.1) is 37.1 Å². The van der Waals surface area contributed by atoms with Crippen LogP contribution in [0.15, 0.2) is 115 Å². The highest BCUT2D eigenvalue weighted by molar-refractivity contribution is 9.10. The molecule has 0 N–H and O–H groups in total. The molecule has 0 aliphatic heterocycles. The molecule has 0 aliphatic rings. The molecule has 0 aliphatic carbocycles. The number of hydrogen-bond acceptors (Lipinski definition) is 11. The average molecular weight is 776 g/mol. The van der Waals surface area contributed by atoms with Gasteiger partial charge in [0.2, 0.25) is 11.8 Å². The molecular formula is C36H24Br2N8O3. The first-order valence-electron chi connectivity index (χ1n) is 15.3. The first-order chi connectivity index (χ1) is 24.1. The zero-order valence-corrected chi connectivity index (χ0v) is 28.8. The molecule has 0 atom stereocenters. The third-order valence-corrected chi connectivity index (χ3v) is 9.06. The fraction of sp³-hybridized carbons (Fsp3) is 0.111. The Labute approximate surface area is 296 Å². The molecule has 6 aromatic heterocycles. The predicted octanol–water partition coefficient (Wildman–Crippen LogP) is 8.10. The van der Waals surface area contributed by atoms with Crippen molar-refractivity contribution in [3.8, 4) is 23.2 Å². The average Bonchev–Trinajstić information content (AvgIpc) is 3.81. The Morgan fingerprint density at radius 2 is 0.980 bits per heavy atom. The molecule has 0 radical (unpaired) electrons. The van der Waals surface area contributed by atoms with Crippen LogP contribution in [0.2, 0.25) is 0 Å². The Hall–Kier alpha value is -5.24. The van der Waals surface area contributed by atoms with Crippen molar-refractivity contribution in [1.29, 1.82) is 0 Å². The van der Waals surface area contributed by atoms with E-state index in [0.717, 1.165) is 21.9 Å². The van der Waals surface area contributed by atoms with Crippen molar-refractivity contribution < 1.29 is 13.6 Å². The van der Waals surface area contributed by atoms with Crippen LogP contribution < -0.4 is 0 Å². The summed E-state index contributed by atoms with van der Waals surface area (Å²) >= 11 is 7.22. The lowest BCUT2D eigenvalue weighted by atomic mass is 10.1. The van der Waals surface area contributed by atoms with Crippen molar-refractivity contribution in [1.82, 2.24) is 40.3 Å². The lowest BCUT2D eigenvalue weighted by Gasteiger charge is -2.14. The van der Waals surface area contributed by atoms with Crippen LogP contribution in [0, 0.1) is 0 Å². The summed E-state index contributed by atoms with van der Waals surface area (Å²) in [6.45, 7) is 0.235. The van der Waals surface area contributed by atoms with Gasteiger partial charge >= 0.3 is 0 Å². The van der Waals surface area contributed by atoms with Gasteiger partial charge in [-0.2, -0.15) is 0 Å². The second-order valence-electron chi connectivity index (χ2n) is 11.1. The predicted molar refractivity (Wildman–Crippen MR) is 188 cm³/mol. The zero-order valence-electron chi connectivity index (χ0n) is 25.6. The zero-order chi connectivity index (χ0) is 33.2. The van der Waals surface area contributed by atoms with Gasteiger partial charge in [-0.3, -0.25) is 9.97 Å². The Morgan fingerprint density at radius 3 is 1.43 bits per heavy atom. The fourth-order valence-corrected chi connectivity index (χ4v) is 6.56. The van der Waals surface area contributed by atoms with Crippen LogP contribution in [0.4, 0.5) is 0 Å². The van der Waals surface area contributed by atoms with E-state index in [-0.39, 0.29) is 25.0 Å². The lowest BCUT2D eigenvalue weighted by molar-refractivity contribution is 0.108. The molecule has 0 fully saturated rings. The molecule has 8 aromatic rings. The van der Waals surface area contributed by atoms with Crippen molar-refractivity contribution in [3.63, 3.8) is 0 Å². The van der Waals surface area contributed by atoms with Gasteiger partial charge in [0.15, 0.2) is 0 Å². The van der Waals surface area contributed by atoms with Crippen molar-refractivity contribution in [3.05, 3.63) is 141 Å². The van der Waals surface area contributed by atoms with Crippen molar-refractivity contribution in [2.45, 2.75) is 26.1 Å². The number of fused-ring (bicyclic) bond motifs is 2. The van der Waals surface area contributed by atoms with Crippen LogP contribution in [-0.2, 0) is 30.8 Å². The quantitative estimate of drug-likeness (QED) is 0.125. The number of hydrogen-bond donors (Lipinski definition) is 0. The van der Waals surface area contributed by atoms with E-state index >= 15 is 0 Å². The van der Waals surface area contributed by atoms with Gasteiger partial charge in [0, 0.05) is 34.3 Å². The molecular weight excluding hydrogens is 752 g/mol. The summed E-state index contributed by atoms with van der Waals surface area (Å²) in [7, 11) is 0. The smallest absolute Gasteiger partial charge is 0.266 e. The molecule has 49 heavy (non-hydrogen) atoms. The molecule has 0 unspecified atom stereocenters. The number of benzene rings is 2. The van der Waals surface area contributed by atoms with Crippen molar-refractivity contribution >= 4 is 53.7 Å². The number of ether oxygens (including phenoxy) is 1. The normalized spacial score (nSPS) is 11.5. The number of aromatic nitrogens is 8. The van der Waals surface area contributed by atoms with E-state index in [9.17, 15) is 0 Å². The second kappa shape index (κ2) is 13.7. The van der Waals surface area contributed by atoms with E-state index in [0.29, 0.717) is 67.4 Å². The van der Waals surface area contributed by atoms with Crippen molar-refractivity contribution in [2.24, 2.45) is 0 Å². The van der Waals surface area contributed by atoms with Crippen LogP contribution in [-0.4, -0.2) is 40.3 Å². The molecule has 11 nitrogen and oxygen atoms in total. The van der Waals surface area contributed by atoms with Crippen LogP contribution in [0.5, 0.6) is 0 Å². The van der Waals surface area contributed by atoms with Gasteiger partial charge in [-0.1, -0.05) is 60.7 Å². The minimum Gasteiger partial charge on any atom is -0.419 e. The Bertz CT molecular complexity index is 2250. The summed E-state index contributed by atoms with van der Waals surface area (Å²) in [5.74, 6) is 1.49. The molecule has 240 valence electrons. The maximum atomic E-state index is 6.46. The summed E-state index contributed by atoms with van der Waals surface area (Å²) in [5, 5.41) is 19.0. The van der Waals surface area contributed by atoms with E-state index in [1.165, 1.54) is 0 Å². The maximum Gasteiger partial charge on any atom is 0.266 e. The summed E-state index contributed by atoms with van der Waals surface area (Å²) in [6.07, 6.45) is 4.45. The molecule has 0 saturated heterocycles. The van der Waals surface area contributed by atoms with E-state index in [4.69, 9.17) is 23.5 Å². The van der Waals surface area contributed by atoms with Gasteiger partial charge in [0.1, 0.15) is 20.6 Å². The lowest BCUT2D eigenvalue weighted by Crippen LogP contribution is -2.05. The van der Waals surface area contributed by atoms with E-state index in [1.54, 1.807) is 12.4 Å². The van der Waals surface area contributed by atoms with E-state index in [2.05, 4.69) is 62.2 Å². The highest BCUT2D eigenvalue weighted by Crippen LogP contribution is 2.35. The fourth-order valence-electron chi connectivity index (χ4n) is 5.57. The monoisotopic (exact) mass is 774 g/mol. The molecule has 0 bridgehead atoms.